The normalized spacial score (nSPS) is 20.8. The number of benzene rings is 1. The van der Waals surface area contributed by atoms with Gasteiger partial charge in [-0.05, 0) is 24.3 Å². The molecule has 2 heterocycles. The van der Waals surface area contributed by atoms with Gasteiger partial charge in [-0.1, -0.05) is 13.8 Å². The van der Waals surface area contributed by atoms with Crippen LogP contribution in [0.3, 0.4) is 0 Å². The van der Waals surface area contributed by atoms with Crippen molar-refractivity contribution in [2.24, 2.45) is 11.8 Å². The van der Waals surface area contributed by atoms with Crippen LogP contribution in [0.25, 0.3) is 0 Å². The van der Waals surface area contributed by atoms with E-state index < -0.39 is 0 Å². The Bertz CT molecular complexity index is 696. The van der Waals surface area contributed by atoms with E-state index in [2.05, 4.69) is 0 Å². The Labute approximate surface area is 152 Å². The van der Waals surface area contributed by atoms with Crippen LogP contribution in [0.1, 0.15) is 20.3 Å². The minimum atomic E-state index is -0.389. The first-order valence-corrected chi connectivity index (χ1v) is 9.00. The van der Waals surface area contributed by atoms with Gasteiger partial charge < -0.3 is 14.7 Å². The lowest BCUT2D eigenvalue weighted by atomic mass is 10.1. The first kappa shape index (κ1) is 18.4. The van der Waals surface area contributed by atoms with E-state index in [9.17, 15) is 18.8 Å². The molecular formula is C19H24FN3O3. The first-order valence-electron chi connectivity index (χ1n) is 9.00. The predicted octanol–water partition coefficient (Wildman–Crippen LogP) is 1.51. The zero-order valence-corrected chi connectivity index (χ0v) is 15.2. The molecule has 2 fully saturated rings. The summed E-state index contributed by atoms with van der Waals surface area (Å²) in [5.41, 5.74) is 0.610. The zero-order valence-electron chi connectivity index (χ0n) is 15.2. The molecule has 3 rings (SSSR count). The third-order valence-electron chi connectivity index (χ3n) is 5.01. The van der Waals surface area contributed by atoms with E-state index in [1.165, 1.54) is 12.1 Å². The van der Waals surface area contributed by atoms with Crippen LogP contribution >= 0.6 is 0 Å². The van der Waals surface area contributed by atoms with Gasteiger partial charge in [-0.3, -0.25) is 14.4 Å². The van der Waals surface area contributed by atoms with Gasteiger partial charge in [0.1, 0.15) is 5.82 Å². The highest BCUT2D eigenvalue weighted by atomic mass is 19.1. The summed E-state index contributed by atoms with van der Waals surface area (Å²) in [6, 6.07) is 5.72. The highest BCUT2D eigenvalue weighted by molar-refractivity contribution is 6.00. The SMILES string of the molecule is CC(C)C(=O)N1CCN(C(=O)C2CC(=O)N(c3ccc(F)cc3)C2)CC1. The Morgan fingerprint density at radius 3 is 2.19 bits per heavy atom. The molecule has 0 bridgehead atoms. The molecule has 2 aliphatic rings. The molecule has 0 saturated carbocycles. The van der Waals surface area contributed by atoms with Gasteiger partial charge >= 0.3 is 0 Å². The monoisotopic (exact) mass is 361 g/mol. The molecule has 0 N–H and O–H groups in total. The van der Waals surface area contributed by atoms with Crippen molar-refractivity contribution >= 4 is 23.4 Å². The number of amides is 3. The number of hydrogen-bond donors (Lipinski definition) is 0. The Morgan fingerprint density at radius 2 is 1.62 bits per heavy atom. The summed E-state index contributed by atoms with van der Waals surface area (Å²) < 4.78 is 13.1. The number of carbonyl (C=O) groups excluding carboxylic acids is 3. The van der Waals surface area contributed by atoms with Gasteiger partial charge in [-0.15, -0.1) is 0 Å². The van der Waals surface area contributed by atoms with E-state index in [4.69, 9.17) is 0 Å². The van der Waals surface area contributed by atoms with Crippen molar-refractivity contribution in [3.8, 4) is 0 Å². The van der Waals surface area contributed by atoms with Crippen LogP contribution in [0.15, 0.2) is 24.3 Å². The molecule has 0 aromatic heterocycles. The van der Waals surface area contributed by atoms with E-state index in [0.717, 1.165) is 0 Å². The van der Waals surface area contributed by atoms with Gasteiger partial charge in [0, 0.05) is 50.7 Å². The fourth-order valence-electron chi connectivity index (χ4n) is 3.51. The molecule has 1 aromatic carbocycles. The van der Waals surface area contributed by atoms with Crippen LogP contribution in [0, 0.1) is 17.7 Å². The smallest absolute Gasteiger partial charge is 0.228 e. The molecular weight excluding hydrogens is 337 g/mol. The molecule has 0 spiro atoms. The molecule has 2 saturated heterocycles. The van der Waals surface area contributed by atoms with Gasteiger partial charge in [-0.2, -0.15) is 0 Å². The van der Waals surface area contributed by atoms with Crippen molar-refractivity contribution in [2.45, 2.75) is 20.3 Å². The number of piperazine rings is 1. The summed E-state index contributed by atoms with van der Waals surface area (Å²) in [6.45, 7) is 6.11. The van der Waals surface area contributed by atoms with E-state index in [-0.39, 0.29) is 41.8 Å². The zero-order chi connectivity index (χ0) is 18.8. The number of nitrogens with zero attached hydrogens (tertiary/aromatic N) is 3. The summed E-state index contributed by atoms with van der Waals surface area (Å²) in [7, 11) is 0. The average Bonchev–Trinajstić information content (AvgIpc) is 3.03. The second-order valence-electron chi connectivity index (χ2n) is 7.19. The molecule has 140 valence electrons. The van der Waals surface area contributed by atoms with Gasteiger partial charge in [0.2, 0.25) is 17.7 Å². The van der Waals surface area contributed by atoms with Crippen LogP contribution in [0.5, 0.6) is 0 Å². The fourth-order valence-corrected chi connectivity index (χ4v) is 3.51. The second-order valence-corrected chi connectivity index (χ2v) is 7.19. The lowest BCUT2D eigenvalue weighted by molar-refractivity contribution is -0.143. The molecule has 3 amide bonds. The number of halogens is 1. The third kappa shape index (κ3) is 3.71. The molecule has 6 nitrogen and oxygen atoms in total. The molecule has 26 heavy (non-hydrogen) atoms. The molecule has 0 aliphatic carbocycles. The maximum absolute atomic E-state index is 13.1. The van der Waals surface area contributed by atoms with Crippen molar-refractivity contribution in [1.82, 2.24) is 9.80 Å². The number of carbonyl (C=O) groups is 3. The van der Waals surface area contributed by atoms with E-state index >= 15 is 0 Å². The lowest BCUT2D eigenvalue weighted by Gasteiger charge is -2.36. The summed E-state index contributed by atoms with van der Waals surface area (Å²) >= 11 is 0. The molecule has 0 radical (unpaired) electrons. The third-order valence-corrected chi connectivity index (χ3v) is 5.01. The van der Waals surface area contributed by atoms with Crippen LogP contribution in [0.2, 0.25) is 0 Å². The first-order chi connectivity index (χ1) is 12.4. The Balaban J connectivity index is 1.59. The summed E-state index contributed by atoms with van der Waals surface area (Å²) in [4.78, 5) is 42.2. The van der Waals surface area contributed by atoms with Gasteiger partial charge in [0.05, 0.1) is 5.92 Å². The van der Waals surface area contributed by atoms with Gasteiger partial charge in [-0.25, -0.2) is 4.39 Å². The lowest BCUT2D eigenvalue weighted by Crippen LogP contribution is -2.53. The van der Waals surface area contributed by atoms with Crippen molar-refractivity contribution in [3.05, 3.63) is 30.1 Å². The quantitative estimate of drug-likeness (QED) is 0.820. The minimum Gasteiger partial charge on any atom is -0.339 e. The number of anilines is 1. The molecule has 1 unspecified atom stereocenters. The van der Waals surface area contributed by atoms with Crippen molar-refractivity contribution < 1.29 is 18.8 Å². The van der Waals surface area contributed by atoms with E-state index in [0.29, 0.717) is 38.4 Å². The number of rotatable bonds is 3. The summed E-state index contributed by atoms with van der Waals surface area (Å²) in [6.07, 6.45) is 0.168. The van der Waals surface area contributed by atoms with Crippen molar-refractivity contribution in [1.29, 1.82) is 0 Å². The molecule has 7 heteroatoms. The summed E-state index contributed by atoms with van der Waals surface area (Å²) in [5, 5.41) is 0. The molecule has 1 atom stereocenters. The average molecular weight is 361 g/mol. The van der Waals surface area contributed by atoms with Crippen molar-refractivity contribution in [3.63, 3.8) is 0 Å². The highest BCUT2D eigenvalue weighted by Gasteiger charge is 2.38. The second kappa shape index (κ2) is 7.43. The number of hydrogen-bond acceptors (Lipinski definition) is 3. The Hall–Kier alpha value is -2.44. The van der Waals surface area contributed by atoms with Gasteiger partial charge in [0.25, 0.3) is 0 Å². The maximum atomic E-state index is 13.1. The molecule has 1 aromatic rings. The van der Waals surface area contributed by atoms with E-state index in [1.807, 2.05) is 13.8 Å². The van der Waals surface area contributed by atoms with Crippen LogP contribution in [0.4, 0.5) is 10.1 Å². The maximum Gasteiger partial charge on any atom is 0.228 e. The summed E-state index contributed by atoms with van der Waals surface area (Å²) in [5.74, 6) is -0.852. The standard InChI is InChI=1S/C19H24FN3O3/c1-13(2)18(25)21-7-9-22(10-8-21)19(26)14-11-17(24)23(12-14)16-5-3-15(20)4-6-16/h3-6,13-14H,7-12H2,1-2H3. The largest absolute Gasteiger partial charge is 0.339 e. The van der Waals surface area contributed by atoms with Crippen molar-refractivity contribution in [2.75, 3.05) is 37.6 Å². The highest BCUT2D eigenvalue weighted by Crippen LogP contribution is 2.27. The van der Waals surface area contributed by atoms with Crippen LogP contribution < -0.4 is 4.90 Å². The molecule has 2 aliphatic heterocycles. The Morgan fingerprint density at radius 1 is 1.04 bits per heavy atom. The minimum absolute atomic E-state index is 0.0420. The Kier molecular flexibility index (Phi) is 5.25. The van der Waals surface area contributed by atoms with Crippen LogP contribution in [-0.4, -0.2) is 60.2 Å². The predicted molar refractivity (Wildman–Crippen MR) is 94.9 cm³/mol. The van der Waals surface area contributed by atoms with Gasteiger partial charge in [0.15, 0.2) is 0 Å². The van der Waals surface area contributed by atoms with E-state index in [1.54, 1.807) is 26.8 Å². The topological polar surface area (TPSA) is 60.9 Å². The fraction of sp³-hybridized carbons (Fsp3) is 0.526. The van der Waals surface area contributed by atoms with Crippen LogP contribution in [-0.2, 0) is 14.4 Å².